The molecule has 0 spiro atoms. The molecule has 0 aromatic carbocycles. The molecule has 1 unspecified atom stereocenters. The lowest BCUT2D eigenvalue weighted by atomic mass is 9.99. The molecule has 1 saturated heterocycles. The first-order chi connectivity index (χ1) is 38.7. The Balaban J connectivity index is 3.83. The summed E-state index contributed by atoms with van der Waals surface area (Å²) in [6.45, 7) is 10.2. The van der Waals surface area contributed by atoms with Crippen molar-refractivity contribution in [2.45, 2.75) is 198 Å². The number of nitrogens with one attached hydrogen (secondary N) is 11. The fraction of sp³-hybridized carbons (Fsp3) is 0.788. The van der Waals surface area contributed by atoms with Gasteiger partial charge in [-0.25, -0.2) is 0 Å². The third kappa shape index (κ3) is 26.8. The van der Waals surface area contributed by atoms with Crippen molar-refractivity contribution in [3.8, 4) is 0 Å². The van der Waals surface area contributed by atoms with E-state index in [0.29, 0.717) is 19.3 Å². The van der Waals surface area contributed by atoms with Crippen LogP contribution in [-0.4, -0.2) is 199 Å². The summed E-state index contributed by atoms with van der Waals surface area (Å²) in [5.41, 5.74) is 29.2. The number of amides is 11. The molecule has 1 fully saturated rings. The van der Waals surface area contributed by atoms with Crippen molar-refractivity contribution in [3.05, 3.63) is 0 Å². The van der Waals surface area contributed by atoms with Gasteiger partial charge in [0.1, 0.15) is 60.4 Å². The summed E-state index contributed by atoms with van der Waals surface area (Å²) in [7, 11) is 0. The quantitative estimate of drug-likeness (QED) is 0.0331. The molecule has 470 valence electrons. The van der Waals surface area contributed by atoms with E-state index in [1.807, 2.05) is 6.92 Å². The summed E-state index contributed by atoms with van der Waals surface area (Å²) in [5, 5.41) is 58.8. The van der Waals surface area contributed by atoms with Gasteiger partial charge in [0.2, 0.25) is 65.0 Å². The van der Waals surface area contributed by atoms with Gasteiger partial charge in [0.25, 0.3) is 0 Å². The van der Waals surface area contributed by atoms with Crippen LogP contribution in [-0.2, 0) is 52.7 Å². The molecule has 30 heteroatoms. The van der Waals surface area contributed by atoms with Crippen LogP contribution in [0.2, 0.25) is 0 Å². The van der Waals surface area contributed by atoms with E-state index in [4.69, 9.17) is 28.7 Å². The largest absolute Gasteiger partial charge is 0.396 e. The van der Waals surface area contributed by atoms with Crippen molar-refractivity contribution in [3.63, 3.8) is 0 Å². The molecule has 0 aromatic heterocycles. The van der Waals surface area contributed by atoms with E-state index >= 15 is 0 Å². The number of rotatable bonds is 29. The van der Waals surface area contributed by atoms with Gasteiger partial charge in [-0.1, -0.05) is 41.0 Å². The van der Waals surface area contributed by atoms with Gasteiger partial charge < -0.3 is 102 Å². The molecular formula is C52H98N16O14. The highest BCUT2D eigenvalue weighted by Gasteiger charge is 2.37. The van der Waals surface area contributed by atoms with Crippen LogP contribution >= 0.6 is 0 Å². The topological polar surface area (TPSA) is 511 Å². The van der Waals surface area contributed by atoms with Crippen LogP contribution < -0.4 is 87.2 Å². The van der Waals surface area contributed by atoms with E-state index in [0.717, 1.165) is 0 Å². The SMILES string of the molecule is CCC(CO)CCCC(=O)N[C@@H](CCN)C(=O)N[C@H](C(=O)N[C@@H](CCN)C(=O)N[C@H]1CCNC(=O)[C@H]([C@@H](C)O)NC(=O)[C@H](CCN)NC(=O)[C@H](CCN)NC(=O)[C@H](CC(C)C)NC(=O)[C@@H](CC(C)C)NC(=O)[C@H](CCN)NC1=O)[C@@H](C)O. The molecule has 0 radical (unpaired) electrons. The zero-order valence-corrected chi connectivity index (χ0v) is 48.8. The molecule has 24 N–H and O–H groups in total. The average molecular weight is 1170 g/mol. The standard InChI is InChI=1S/C52H98N16O14/c1-8-31(26-69)10-9-11-40(72)59-32(12-18-53)47(77)68-42(30(7)71)52(82)64-35(15-21-56)44(74)63-37-17-23-58-51(81)41(29(6)70)67-48(78)36(16-22-57)61-43(73)33(13-19-54)62-49(79)38(24-27(2)3)66-50(80)39(25-28(4)5)65-45(75)34(14-20-55)60-46(37)76/h27-39,41-42,69-71H,8-26,53-57H2,1-7H3,(H,58,81)(H,59,72)(H,60,76)(H,61,73)(H,62,79)(H,63,74)(H,64,82)(H,65,75)(H,66,80)(H,67,78)(H,68,77)/t29-,30-,31?,32+,33+,34+,35+,36+,37+,38+,39-,41+,42+/m1/s1. The number of aliphatic hydroxyl groups excluding tert-OH is 3. The number of carbonyl (C=O) groups is 11. The van der Waals surface area contributed by atoms with Crippen LogP contribution in [0.15, 0.2) is 0 Å². The van der Waals surface area contributed by atoms with Crippen molar-refractivity contribution < 1.29 is 68.1 Å². The van der Waals surface area contributed by atoms with Crippen molar-refractivity contribution >= 4 is 65.0 Å². The molecular weight excluding hydrogens is 1070 g/mol. The minimum absolute atomic E-state index is 0.00116. The summed E-state index contributed by atoms with van der Waals surface area (Å²) in [6.07, 6.45) is -2.62. The van der Waals surface area contributed by atoms with Crippen molar-refractivity contribution in [1.29, 1.82) is 0 Å². The van der Waals surface area contributed by atoms with E-state index in [2.05, 4.69) is 58.5 Å². The first kappa shape index (κ1) is 73.9. The van der Waals surface area contributed by atoms with E-state index in [9.17, 15) is 68.1 Å². The van der Waals surface area contributed by atoms with Gasteiger partial charge in [0.15, 0.2) is 0 Å². The lowest BCUT2D eigenvalue weighted by Crippen LogP contribution is -2.62. The zero-order chi connectivity index (χ0) is 62.2. The molecule has 30 nitrogen and oxygen atoms in total. The Morgan fingerprint density at radius 3 is 1.40 bits per heavy atom. The molecule has 1 heterocycles. The normalized spacial score (nSPS) is 23.4. The Kier molecular flexibility index (Phi) is 35.4. The zero-order valence-electron chi connectivity index (χ0n) is 48.8. The summed E-state index contributed by atoms with van der Waals surface area (Å²) in [4.78, 5) is 153. The predicted octanol–water partition coefficient (Wildman–Crippen LogP) is -6.86. The number of aliphatic hydroxyl groups is 3. The fourth-order valence-electron chi connectivity index (χ4n) is 8.76. The van der Waals surface area contributed by atoms with Crippen LogP contribution in [0.3, 0.4) is 0 Å². The van der Waals surface area contributed by atoms with Gasteiger partial charge in [-0.05, 0) is 129 Å². The van der Waals surface area contributed by atoms with Crippen LogP contribution in [0.5, 0.6) is 0 Å². The van der Waals surface area contributed by atoms with Gasteiger partial charge in [-0.3, -0.25) is 52.7 Å². The highest BCUT2D eigenvalue weighted by molar-refractivity contribution is 5.99. The minimum Gasteiger partial charge on any atom is -0.396 e. The Hall–Kier alpha value is -6.15. The van der Waals surface area contributed by atoms with Gasteiger partial charge in [0, 0.05) is 19.6 Å². The molecule has 1 rings (SSSR count). The fourth-order valence-corrected chi connectivity index (χ4v) is 8.76. The van der Waals surface area contributed by atoms with Gasteiger partial charge in [-0.2, -0.15) is 0 Å². The van der Waals surface area contributed by atoms with Crippen molar-refractivity contribution in [2.75, 3.05) is 45.9 Å². The average Bonchev–Trinajstić information content (AvgIpc) is 3.40. The highest BCUT2D eigenvalue weighted by atomic mass is 16.3. The summed E-state index contributed by atoms with van der Waals surface area (Å²) >= 11 is 0. The summed E-state index contributed by atoms with van der Waals surface area (Å²) in [5.74, 6) is -10.2. The van der Waals surface area contributed by atoms with E-state index in [1.165, 1.54) is 13.8 Å². The van der Waals surface area contributed by atoms with Crippen LogP contribution in [0.1, 0.15) is 126 Å². The molecule has 1 aliphatic heterocycles. The molecule has 0 aromatic rings. The molecule has 0 saturated carbocycles. The minimum atomic E-state index is -1.72. The smallest absolute Gasteiger partial charge is 0.245 e. The summed E-state index contributed by atoms with van der Waals surface area (Å²) in [6, 6.07) is -14.7. The van der Waals surface area contributed by atoms with Gasteiger partial charge in [0.05, 0.1) is 12.2 Å². The van der Waals surface area contributed by atoms with E-state index in [-0.39, 0.29) is 108 Å². The number of hydrogen-bond acceptors (Lipinski definition) is 19. The maximum absolute atomic E-state index is 14.4. The first-order valence-electron chi connectivity index (χ1n) is 28.5. The monoisotopic (exact) mass is 1170 g/mol. The number of nitrogens with two attached hydrogens (primary N) is 5. The van der Waals surface area contributed by atoms with Crippen molar-refractivity contribution in [1.82, 2.24) is 58.5 Å². The number of carbonyl (C=O) groups excluding carboxylic acids is 11. The predicted molar refractivity (Wildman–Crippen MR) is 302 cm³/mol. The molecule has 0 aliphatic carbocycles. The second-order valence-corrected chi connectivity index (χ2v) is 21.6. The van der Waals surface area contributed by atoms with Crippen LogP contribution in [0.4, 0.5) is 0 Å². The molecule has 1 aliphatic rings. The Morgan fingerprint density at radius 2 is 0.988 bits per heavy atom. The maximum atomic E-state index is 14.4. The second-order valence-electron chi connectivity index (χ2n) is 21.6. The molecule has 0 bridgehead atoms. The maximum Gasteiger partial charge on any atom is 0.245 e. The first-order valence-corrected chi connectivity index (χ1v) is 28.5. The van der Waals surface area contributed by atoms with Gasteiger partial charge in [-0.15, -0.1) is 0 Å². The third-order valence-electron chi connectivity index (χ3n) is 13.5. The van der Waals surface area contributed by atoms with Crippen LogP contribution in [0, 0.1) is 17.8 Å². The van der Waals surface area contributed by atoms with Crippen molar-refractivity contribution in [2.24, 2.45) is 46.4 Å². The molecule has 13 atom stereocenters. The van der Waals surface area contributed by atoms with Gasteiger partial charge >= 0.3 is 0 Å². The Bertz CT molecular complexity index is 2060. The third-order valence-corrected chi connectivity index (χ3v) is 13.5. The van der Waals surface area contributed by atoms with E-state index in [1.54, 1.807) is 27.7 Å². The lowest BCUT2D eigenvalue weighted by molar-refractivity contribution is -0.137. The number of hydrogen-bond donors (Lipinski definition) is 19. The summed E-state index contributed by atoms with van der Waals surface area (Å²) < 4.78 is 0. The molecule has 11 amide bonds. The van der Waals surface area contributed by atoms with E-state index < -0.39 is 151 Å². The molecule has 82 heavy (non-hydrogen) atoms. The lowest BCUT2D eigenvalue weighted by Gasteiger charge is -2.29. The Labute approximate surface area is 480 Å². The highest BCUT2D eigenvalue weighted by Crippen LogP contribution is 2.14. The second kappa shape index (κ2) is 39.4. The Morgan fingerprint density at radius 1 is 0.549 bits per heavy atom. The van der Waals surface area contributed by atoms with Crippen LogP contribution in [0.25, 0.3) is 0 Å².